The summed E-state index contributed by atoms with van der Waals surface area (Å²) in [4.78, 5) is 72.2. The second-order valence-corrected chi connectivity index (χ2v) is 30.2. The van der Waals surface area contributed by atoms with Crippen molar-refractivity contribution in [2.75, 3.05) is 39.6 Å². The van der Waals surface area contributed by atoms with Gasteiger partial charge >= 0.3 is 39.5 Å². The predicted octanol–water partition coefficient (Wildman–Crippen LogP) is 21.2. The van der Waals surface area contributed by atoms with Crippen LogP contribution in [-0.4, -0.2) is 96.7 Å². The van der Waals surface area contributed by atoms with Gasteiger partial charge < -0.3 is 33.8 Å². The van der Waals surface area contributed by atoms with Crippen LogP contribution in [0.4, 0.5) is 0 Å². The molecule has 0 aliphatic carbocycles. The highest BCUT2D eigenvalue weighted by molar-refractivity contribution is 7.47. The molecule has 0 aromatic heterocycles. The highest BCUT2D eigenvalue weighted by Gasteiger charge is 2.30. The summed E-state index contributed by atoms with van der Waals surface area (Å²) in [6.45, 7) is 9.51. The number of rotatable bonds is 72. The average molecular weight is 1350 g/mol. The van der Waals surface area contributed by atoms with Crippen molar-refractivity contribution in [1.82, 2.24) is 0 Å². The molecular weight excluding hydrogens is 1210 g/mol. The molecule has 0 spiro atoms. The van der Waals surface area contributed by atoms with E-state index in [1.165, 1.54) is 180 Å². The lowest BCUT2D eigenvalue weighted by Gasteiger charge is -2.21. The first kappa shape index (κ1) is 90.1. The van der Waals surface area contributed by atoms with Gasteiger partial charge in [-0.15, -0.1) is 0 Å². The number of phosphoric acid groups is 2. The Morgan fingerprint density at radius 2 is 0.500 bits per heavy atom. The Labute approximate surface area is 562 Å². The first-order valence-electron chi connectivity index (χ1n) is 38.0. The molecule has 92 heavy (non-hydrogen) atoms. The smallest absolute Gasteiger partial charge is 0.462 e. The molecule has 0 aromatic rings. The normalized spacial score (nSPS) is 14.1. The van der Waals surface area contributed by atoms with Gasteiger partial charge in [-0.1, -0.05) is 324 Å². The Morgan fingerprint density at radius 1 is 0.293 bits per heavy atom. The number of carbonyl (C=O) groups is 4. The summed E-state index contributed by atoms with van der Waals surface area (Å²) in [7, 11) is -9.89. The van der Waals surface area contributed by atoms with Crippen molar-refractivity contribution in [1.29, 1.82) is 0 Å². The molecule has 19 heteroatoms. The fourth-order valence-electron chi connectivity index (χ4n) is 11.1. The van der Waals surface area contributed by atoms with Gasteiger partial charge in [0.25, 0.3) is 0 Å². The molecule has 0 aliphatic rings. The fraction of sp³-hybridized carbons (Fsp3) is 0.945. The molecule has 546 valence electrons. The van der Waals surface area contributed by atoms with Crippen molar-refractivity contribution in [2.45, 2.75) is 394 Å². The number of aliphatic hydroxyl groups excluding tert-OH is 1. The number of ether oxygens (including phenoxy) is 4. The van der Waals surface area contributed by atoms with E-state index in [0.717, 1.165) is 115 Å². The van der Waals surface area contributed by atoms with Crippen molar-refractivity contribution < 1.29 is 80.2 Å². The molecule has 0 fully saturated rings. The Kier molecular flexibility index (Phi) is 63.7. The topological polar surface area (TPSA) is 237 Å². The third-order valence-electron chi connectivity index (χ3n) is 17.0. The lowest BCUT2D eigenvalue weighted by atomic mass is 10.0. The summed E-state index contributed by atoms with van der Waals surface area (Å²) in [5.74, 6) is -0.508. The molecule has 2 unspecified atom stereocenters. The number of unbranched alkanes of at least 4 members (excludes halogenated alkanes) is 42. The van der Waals surface area contributed by atoms with E-state index >= 15 is 0 Å². The Hall–Kier alpha value is -1.94. The van der Waals surface area contributed by atoms with Crippen LogP contribution < -0.4 is 0 Å². The zero-order chi connectivity index (χ0) is 67.9. The Balaban J connectivity index is 5.09. The first-order valence-corrected chi connectivity index (χ1v) is 41.0. The van der Waals surface area contributed by atoms with Crippen LogP contribution in [0.1, 0.15) is 375 Å². The molecule has 0 heterocycles. The van der Waals surface area contributed by atoms with Crippen LogP contribution in [0.2, 0.25) is 0 Å². The zero-order valence-corrected chi connectivity index (χ0v) is 61.6. The van der Waals surface area contributed by atoms with Crippen LogP contribution in [0.5, 0.6) is 0 Å². The van der Waals surface area contributed by atoms with Gasteiger partial charge in [-0.3, -0.25) is 37.3 Å². The summed E-state index contributed by atoms with van der Waals surface area (Å²) >= 11 is 0. The van der Waals surface area contributed by atoms with Crippen LogP contribution in [0.25, 0.3) is 0 Å². The van der Waals surface area contributed by atoms with E-state index < -0.39 is 97.5 Å². The molecule has 0 rings (SSSR count). The monoisotopic (exact) mass is 1350 g/mol. The van der Waals surface area contributed by atoms with Gasteiger partial charge in [0.15, 0.2) is 12.2 Å². The number of hydrogen-bond donors (Lipinski definition) is 3. The van der Waals surface area contributed by atoms with Crippen molar-refractivity contribution in [2.24, 2.45) is 11.8 Å². The average Bonchev–Trinajstić information content (AvgIpc) is 1.51. The maximum absolute atomic E-state index is 13.1. The van der Waals surface area contributed by atoms with Crippen molar-refractivity contribution >= 4 is 39.5 Å². The largest absolute Gasteiger partial charge is 0.472 e. The van der Waals surface area contributed by atoms with Gasteiger partial charge in [-0.25, -0.2) is 9.13 Å². The molecule has 17 nitrogen and oxygen atoms in total. The number of aliphatic hydroxyl groups is 1. The van der Waals surface area contributed by atoms with Crippen molar-refractivity contribution in [3.8, 4) is 0 Å². The van der Waals surface area contributed by atoms with Gasteiger partial charge in [0.05, 0.1) is 26.4 Å². The summed E-state index contributed by atoms with van der Waals surface area (Å²) in [5, 5.41) is 10.6. The molecule has 3 N–H and O–H groups in total. The number of phosphoric ester groups is 2. The second-order valence-electron chi connectivity index (χ2n) is 27.3. The first-order chi connectivity index (χ1) is 44.4. The van der Waals surface area contributed by atoms with Crippen LogP contribution in [0.3, 0.4) is 0 Å². The highest BCUT2D eigenvalue weighted by Crippen LogP contribution is 2.45. The second kappa shape index (κ2) is 65.0. The maximum atomic E-state index is 13.1. The van der Waals surface area contributed by atoms with Gasteiger partial charge in [0.1, 0.15) is 19.3 Å². The number of carbonyl (C=O) groups excluding carboxylic acids is 4. The van der Waals surface area contributed by atoms with Gasteiger partial charge in [0.2, 0.25) is 0 Å². The minimum atomic E-state index is -4.95. The van der Waals surface area contributed by atoms with Crippen LogP contribution in [0.15, 0.2) is 0 Å². The molecule has 0 amide bonds. The number of esters is 4. The zero-order valence-electron chi connectivity index (χ0n) is 59.9. The molecule has 5 atom stereocenters. The molecule has 0 aromatic carbocycles. The van der Waals surface area contributed by atoms with E-state index in [2.05, 4.69) is 41.5 Å². The van der Waals surface area contributed by atoms with Crippen LogP contribution in [-0.2, 0) is 65.4 Å². The summed E-state index contributed by atoms with van der Waals surface area (Å²) in [6.07, 6.45) is 52.0. The van der Waals surface area contributed by atoms with E-state index in [9.17, 15) is 43.2 Å². The summed E-state index contributed by atoms with van der Waals surface area (Å²) in [5.41, 5.74) is 0. The molecule has 0 saturated carbocycles. The van der Waals surface area contributed by atoms with E-state index in [1.54, 1.807) is 0 Å². The Bertz CT molecular complexity index is 1790. The maximum Gasteiger partial charge on any atom is 0.472 e. The van der Waals surface area contributed by atoms with E-state index in [4.69, 9.17) is 37.0 Å². The third kappa shape index (κ3) is 66.7. The summed E-state index contributed by atoms with van der Waals surface area (Å²) < 4.78 is 68.0. The molecular formula is C73H142O17P2. The van der Waals surface area contributed by atoms with Gasteiger partial charge in [-0.05, 0) is 37.5 Å². The molecule has 0 bridgehead atoms. The van der Waals surface area contributed by atoms with E-state index in [0.29, 0.717) is 25.7 Å². The van der Waals surface area contributed by atoms with Crippen LogP contribution in [0, 0.1) is 11.8 Å². The van der Waals surface area contributed by atoms with E-state index in [-0.39, 0.29) is 25.7 Å². The summed E-state index contributed by atoms with van der Waals surface area (Å²) in [6, 6.07) is 0. The minimum absolute atomic E-state index is 0.104. The standard InChI is InChI=1S/C73H142O17P2/c1-7-9-11-13-14-38-45-51-57-72(77)89-68(61-83-70(75)55-49-41-12-10-8-2)63-87-91(79,80)85-59-67(74)60-86-92(81,82)88-64-69(62-84-71(76)56-50-44-39-34-30-26-23-19-21-25-29-33-37-43-48-54-66(5)6)90-73(78)58-52-46-40-35-31-27-22-18-16-15-17-20-24-28-32-36-42-47-53-65(3)4/h65-69,74H,7-64H2,1-6H3,(H,79,80)(H,81,82)/t67-,68+,69+/m0/s1. The fourth-order valence-corrected chi connectivity index (χ4v) is 12.7. The van der Waals surface area contributed by atoms with Crippen molar-refractivity contribution in [3.63, 3.8) is 0 Å². The van der Waals surface area contributed by atoms with Crippen molar-refractivity contribution in [3.05, 3.63) is 0 Å². The molecule has 0 saturated heterocycles. The quantitative estimate of drug-likeness (QED) is 0.0222. The molecule has 0 aliphatic heterocycles. The van der Waals surface area contributed by atoms with E-state index in [1.807, 2.05) is 0 Å². The van der Waals surface area contributed by atoms with Crippen LogP contribution >= 0.6 is 15.6 Å². The highest BCUT2D eigenvalue weighted by atomic mass is 31.2. The minimum Gasteiger partial charge on any atom is -0.462 e. The van der Waals surface area contributed by atoms with Gasteiger partial charge in [-0.2, -0.15) is 0 Å². The Morgan fingerprint density at radius 3 is 0.739 bits per heavy atom. The lowest BCUT2D eigenvalue weighted by molar-refractivity contribution is -0.161. The predicted molar refractivity (Wildman–Crippen MR) is 372 cm³/mol. The van der Waals surface area contributed by atoms with Gasteiger partial charge in [0, 0.05) is 25.7 Å². The molecule has 0 radical (unpaired) electrons. The lowest BCUT2D eigenvalue weighted by Crippen LogP contribution is -2.30. The number of hydrogen-bond acceptors (Lipinski definition) is 15. The SMILES string of the molecule is CCCCCCCCCCC(=O)O[C@H](COC(=O)CCCCCCC)COP(=O)(O)OC[C@H](O)COP(=O)(O)OC[C@@H](COC(=O)CCCCCCCCCCCCCCCCCC(C)C)OC(=O)CCCCCCCCCCCCCCCCCCCCC(C)C. The third-order valence-corrected chi connectivity index (χ3v) is 18.9.